The van der Waals surface area contributed by atoms with Gasteiger partial charge in [0.15, 0.2) is 0 Å². The monoisotopic (exact) mass is 250 g/mol. The summed E-state index contributed by atoms with van der Waals surface area (Å²) in [5.74, 6) is -0.763. The first-order valence-corrected chi connectivity index (χ1v) is 6.49. The van der Waals surface area contributed by atoms with Crippen LogP contribution in [-0.2, 0) is 16.9 Å². The molecule has 0 aromatic heterocycles. The minimum Gasteiger partial charge on any atom is -0.481 e. The van der Waals surface area contributed by atoms with E-state index in [0.717, 1.165) is 30.4 Å². The molecule has 1 saturated carbocycles. The van der Waals surface area contributed by atoms with Crippen LogP contribution in [0.25, 0.3) is 0 Å². The predicted molar refractivity (Wildman–Crippen MR) is 68.4 cm³/mol. The molecule has 0 bridgehead atoms. The molecule has 0 aliphatic heterocycles. The number of hydrogen-bond donors (Lipinski definition) is 1. The summed E-state index contributed by atoms with van der Waals surface area (Å²) >= 11 is 0. The van der Waals surface area contributed by atoms with Crippen LogP contribution in [0.4, 0.5) is 4.39 Å². The maximum atomic E-state index is 12.8. The maximum absolute atomic E-state index is 12.8. The van der Waals surface area contributed by atoms with Crippen LogP contribution in [0.1, 0.15) is 48.8 Å². The van der Waals surface area contributed by atoms with Crippen molar-refractivity contribution in [3.05, 3.63) is 34.9 Å². The Bertz CT molecular complexity index is 448. The number of carboxylic acid groups (broad SMARTS) is 1. The molecule has 1 N–H and O–H groups in total. The van der Waals surface area contributed by atoms with Crippen LogP contribution in [0.3, 0.4) is 0 Å². The Hall–Kier alpha value is -1.38. The van der Waals surface area contributed by atoms with E-state index in [0.29, 0.717) is 18.4 Å². The van der Waals surface area contributed by atoms with E-state index in [1.807, 2.05) is 13.0 Å². The predicted octanol–water partition coefficient (Wildman–Crippen LogP) is 3.75. The van der Waals surface area contributed by atoms with Gasteiger partial charge in [-0.05, 0) is 36.5 Å². The lowest BCUT2D eigenvalue weighted by molar-refractivity contribution is -0.145. The van der Waals surface area contributed by atoms with Gasteiger partial charge in [-0.15, -0.1) is 0 Å². The molecular formula is C15H19FO2. The van der Waals surface area contributed by atoms with Crippen LogP contribution in [0, 0.1) is 6.92 Å². The van der Waals surface area contributed by atoms with E-state index in [1.165, 1.54) is 0 Å². The third-order valence-electron chi connectivity index (χ3n) is 4.09. The lowest BCUT2D eigenvalue weighted by Gasteiger charge is -2.35. The fourth-order valence-corrected chi connectivity index (χ4v) is 3.02. The number of halogens is 1. The molecule has 0 spiro atoms. The minimum absolute atomic E-state index is 0.539. The second-order valence-corrected chi connectivity index (χ2v) is 5.23. The fourth-order valence-electron chi connectivity index (χ4n) is 3.02. The molecule has 1 aliphatic carbocycles. The summed E-state index contributed by atoms with van der Waals surface area (Å²) in [6, 6.07) is 5.32. The number of alkyl halides is 1. The normalized spacial score (nSPS) is 18.6. The van der Waals surface area contributed by atoms with Crippen molar-refractivity contribution in [3.8, 4) is 0 Å². The maximum Gasteiger partial charge on any atom is 0.314 e. The van der Waals surface area contributed by atoms with Crippen molar-refractivity contribution >= 4 is 5.97 Å². The third kappa shape index (κ3) is 2.14. The summed E-state index contributed by atoms with van der Waals surface area (Å²) in [6.07, 6.45) is 4.30. The molecule has 0 atom stereocenters. The van der Waals surface area contributed by atoms with Gasteiger partial charge >= 0.3 is 5.97 Å². The highest BCUT2D eigenvalue weighted by Crippen LogP contribution is 2.41. The zero-order chi connectivity index (χ0) is 13.2. The molecule has 1 aromatic carbocycles. The number of aliphatic carboxylic acids is 1. The minimum atomic E-state index is -0.798. The van der Waals surface area contributed by atoms with Gasteiger partial charge in [-0.2, -0.15) is 0 Å². The van der Waals surface area contributed by atoms with Gasteiger partial charge in [-0.25, -0.2) is 4.39 Å². The van der Waals surface area contributed by atoms with Gasteiger partial charge in [0, 0.05) is 0 Å². The Morgan fingerprint density at radius 2 is 2.00 bits per heavy atom. The molecule has 1 fully saturated rings. The smallest absolute Gasteiger partial charge is 0.314 e. The first-order valence-electron chi connectivity index (χ1n) is 6.49. The molecule has 98 valence electrons. The number of rotatable bonds is 3. The van der Waals surface area contributed by atoms with Gasteiger partial charge < -0.3 is 5.11 Å². The van der Waals surface area contributed by atoms with Gasteiger partial charge in [-0.3, -0.25) is 4.79 Å². The van der Waals surface area contributed by atoms with Gasteiger partial charge in [0.05, 0.1) is 5.41 Å². The van der Waals surface area contributed by atoms with Crippen molar-refractivity contribution in [2.45, 2.75) is 51.1 Å². The SMILES string of the molecule is Cc1ccc(CF)cc1C1(C(=O)O)CCCCC1. The zero-order valence-corrected chi connectivity index (χ0v) is 10.7. The Labute approximate surface area is 107 Å². The first-order chi connectivity index (χ1) is 8.60. The molecule has 0 amide bonds. The standard InChI is InChI=1S/C15H19FO2/c1-11-5-6-12(10-16)9-13(11)15(14(17)18)7-3-2-4-8-15/h5-6,9H,2-4,7-8,10H2,1H3,(H,17,18). The van der Waals surface area contributed by atoms with E-state index < -0.39 is 18.1 Å². The molecule has 3 heteroatoms. The second kappa shape index (κ2) is 5.09. The van der Waals surface area contributed by atoms with Crippen molar-refractivity contribution in [2.24, 2.45) is 0 Å². The molecular weight excluding hydrogens is 231 g/mol. The van der Waals surface area contributed by atoms with Crippen molar-refractivity contribution in [2.75, 3.05) is 0 Å². The number of benzene rings is 1. The molecule has 0 unspecified atom stereocenters. The fraction of sp³-hybridized carbons (Fsp3) is 0.533. The summed E-state index contributed by atoms with van der Waals surface area (Å²) in [7, 11) is 0. The average Bonchev–Trinajstić information content (AvgIpc) is 2.40. The van der Waals surface area contributed by atoms with Crippen LogP contribution in [-0.4, -0.2) is 11.1 Å². The topological polar surface area (TPSA) is 37.3 Å². The van der Waals surface area contributed by atoms with E-state index in [2.05, 4.69) is 0 Å². The lowest BCUT2D eigenvalue weighted by Crippen LogP contribution is -2.38. The van der Waals surface area contributed by atoms with E-state index >= 15 is 0 Å². The zero-order valence-electron chi connectivity index (χ0n) is 10.7. The highest BCUT2D eigenvalue weighted by molar-refractivity contribution is 5.82. The summed E-state index contributed by atoms with van der Waals surface area (Å²) in [4.78, 5) is 11.7. The lowest BCUT2D eigenvalue weighted by atomic mass is 9.68. The summed E-state index contributed by atoms with van der Waals surface area (Å²) in [5, 5.41) is 9.64. The average molecular weight is 250 g/mol. The molecule has 18 heavy (non-hydrogen) atoms. The van der Waals surface area contributed by atoms with Gasteiger partial charge in [0.2, 0.25) is 0 Å². The first kappa shape index (κ1) is 13.1. The van der Waals surface area contributed by atoms with Crippen LogP contribution in [0.2, 0.25) is 0 Å². The molecule has 2 nitrogen and oxygen atoms in total. The van der Waals surface area contributed by atoms with E-state index in [-0.39, 0.29) is 0 Å². The van der Waals surface area contributed by atoms with E-state index in [4.69, 9.17) is 0 Å². The summed E-state index contributed by atoms with van der Waals surface area (Å²) in [6.45, 7) is 1.37. The molecule has 0 heterocycles. The molecule has 0 saturated heterocycles. The Balaban J connectivity index is 2.51. The largest absolute Gasteiger partial charge is 0.481 e. The van der Waals surface area contributed by atoms with Crippen molar-refractivity contribution < 1.29 is 14.3 Å². The number of aryl methyl sites for hydroxylation is 1. The van der Waals surface area contributed by atoms with Gasteiger partial charge in [0.25, 0.3) is 0 Å². The molecule has 2 rings (SSSR count). The van der Waals surface area contributed by atoms with Crippen LogP contribution in [0.5, 0.6) is 0 Å². The Morgan fingerprint density at radius 3 is 2.56 bits per heavy atom. The third-order valence-corrected chi connectivity index (χ3v) is 4.09. The number of carboxylic acids is 1. The van der Waals surface area contributed by atoms with Crippen molar-refractivity contribution in [1.29, 1.82) is 0 Å². The van der Waals surface area contributed by atoms with Crippen LogP contribution in [0.15, 0.2) is 18.2 Å². The highest BCUT2D eigenvalue weighted by atomic mass is 19.1. The number of hydrogen-bond acceptors (Lipinski definition) is 1. The van der Waals surface area contributed by atoms with Crippen molar-refractivity contribution in [3.63, 3.8) is 0 Å². The Kier molecular flexibility index (Phi) is 3.69. The van der Waals surface area contributed by atoms with Crippen molar-refractivity contribution in [1.82, 2.24) is 0 Å². The summed E-state index contributed by atoms with van der Waals surface area (Å²) < 4.78 is 12.8. The van der Waals surface area contributed by atoms with Crippen LogP contribution >= 0.6 is 0 Å². The summed E-state index contributed by atoms with van der Waals surface area (Å²) in [5.41, 5.74) is 1.54. The molecule has 0 radical (unpaired) electrons. The Morgan fingerprint density at radius 1 is 1.33 bits per heavy atom. The second-order valence-electron chi connectivity index (χ2n) is 5.23. The molecule has 1 aromatic rings. The van der Waals surface area contributed by atoms with Gasteiger partial charge in [0.1, 0.15) is 6.67 Å². The van der Waals surface area contributed by atoms with Crippen LogP contribution < -0.4 is 0 Å². The van der Waals surface area contributed by atoms with Gasteiger partial charge in [-0.1, -0.05) is 37.5 Å². The molecule has 1 aliphatic rings. The number of carbonyl (C=O) groups is 1. The highest BCUT2D eigenvalue weighted by Gasteiger charge is 2.42. The quantitative estimate of drug-likeness (QED) is 0.887. The van der Waals surface area contributed by atoms with E-state index in [9.17, 15) is 14.3 Å². The van der Waals surface area contributed by atoms with E-state index in [1.54, 1.807) is 12.1 Å².